The molecule has 1 saturated heterocycles. The molecule has 0 radical (unpaired) electrons. The number of nitrogens with one attached hydrogen (secondary N) is 1. The summed E-state index contributed by atoms with van der Waals surface area (Å²) in [5.41, 5.74) is 2.28. The second-order valence-electron chi connectivity index (χ2n) is 8.08. The summed E-state index contributed by atoms with van der Waals surface area (Å²) in [6.45, 7) is 1.97. The number of rotatable bonds is 4. The van der Waals surface area contributed by atoms with Crippen LogP contribution in [0.2, 0.25) is 0 Å². The van der Waals surface area contributed by atoms with Crippen LogP contribution in [0.15, 0.2) is 78.9 Å². The first-order valence-electron chi connectivity index (χ1n) is 10.4. The van der Waals surface area contributed by atoms with Crippen molar-refractivity contribution >= 4 is 28.7 Å². The number of amides is 1. The second kappa shape index (κ2) is 8.60. The van der Waals surface area contributed by atoms with E-state index < -0.39 is 28.2 Å². The number of alkyl halides is 3. The number of carbonyl (C=O) groups is 2. The summed E-state index contributed by atoms with van der Waals surface area (Å²) < 4.78 is 41.9. The molecule has 1 N–H and O–H groups in total. The summed E-state index contributed by atoms with van der Waals surface area (Å²) in [7, 11) is 1.32. The molecule has 3 aromatic carbocycles. The Balaban J connectivity index is 1.89. The molecule has 1 heterocycles. The first-order valence-corrected chi connectivity index (χ1v) is 11.6. The first kappa shape index (κ1) is 24.0. The van der Waals surface area contributed by atoms with E-state index in [1.165, 1.54) is 7.05 Å². The van der Waals surface area contributed by atoms with Crippen molar-refractivity contribution in [3.8, 4) is 11.1 Å². The molecule has 0 saturated carbocycles. The van der Waals surface area contributed by atoms with E-state index in [4.69, 9.17) is 4.74 Å². The monoisotopic (exact) mass is 530 g/mol. The van der Waals surface area contributed by atoms with E-state index in [0.29, 0.717) is 28.0 Å². The summed E-state index contributed by atoms with van der Waals surface area (Å²) in [5, 5.41) is 2.97. The van der Waals surface area contributed by atoms with Crippen LogP contribution in [0.3, 0.4) is 0 Å². The van der Waals surface area contributed by atoms with Gasteiger partial charge in [-0.1, -0.05) is 0 Å². The van der Waals surface area contributed by atoms with Crippen molar-refractivity contribution in [3.05, 3.63) is 95.6 Å². The number of likely N-dealkylation sites (N-methyl/N-ethyl adjacent to an activating group) is 1. The van der Waals surface area contributed by atoms with Crippen LogP contribution in [-0.4, -0.2) is 51.5 Å². The van der Waals surface area contributed by atoms with Gasteiger partial charge in [0.25, 0.3) is 0 Å². The standard InChI is InChI=1S/C25H22AsF3N2O3/c1-16-9-6-7-14-20(16)17-10-8-13-19(15-17)23(18-11-4-3-5-12-18)21(32)31(2)25(26,30-23)34-22(33)24(27,28)29/h3-15,30H,26H2,1-2H3. The number of aryl methyl sites for hydroxylation is 1. The SMILES string of the molecule is Cc1ccccc1-c1cccc(C2(c3ccccc3)NC([AsH2])(OC(=O)C(F)(F)F)N(C)C2=O)c1. The number of nitrogens with zero attached hydrogens (tertiary/aromatic N) is 1. The normalized spacial score (nSPS) is 22.6. The van der Waals surface area contributed by atoms with Crippen LogP contribution in [-0.2, 0) is 19.9 Å². The Labute approximate surface area is 203 Å². The van der Waals surface area contributed by atoms with Gasteiger partial charge in [-0.15, -0.1) is 0 Å². The van der Waals surface area contributed by atoms with E-state index in [0.717, 1.165) is 21.6 Å². The minimum atomic E-state index is -5.20. The Morgan fingerprint density at radius 3 is 2.24 bits per heavy atom. The van der Waals surface area contributed by atoms with Gasteiger partial charge in [-0.05, 0) is 0 Å². The summed E-state index contributed by atoms with van der Waals surface area (Å²) in [6, 6.07) is 23.7. The molecule has 1 amide bonds. The number of esters is 1. The van der Waals surface area contributed by atoms with E-state index >= 15 is 0 Å². The van der Waals surface area contributed by atoms with E-state index in [2.05, 4.69) is 5.32 Å². The molecular weight excluding hydrogens is 508 g/mol. The Morgan fingerprint density at radius 2 is 1.59 bits per heavy atom. The Kier molecular flexibility index (Phi) is 6.08. The fourth-order valence-electron chi connectivity index (χ4n) is 4.16. The third-order valence-electron chi connectivity index (χ3n) is 5.93. The molecule has 0 spiro atoms. The molecule has 3 atom stereocenters. The van der Waals surface area contributed by atoms with Gasteiger partial charge in [0.1, 0.15) is 0 Å². The van der Waals surface area contributed by atoms with Crippen LogP contribution in [0.1, 0.15) is 16.7 Å². The van der Waals surface area contributed by atoms with E-state index in [1.807, 2.05) is 43.3 Å². The van der Waals surface area contributed by atoms with Crippen LogP contribution < -0.4 is 5.32 Å². The molecule has 176 valence electrons. The first-order chi connectivity index (χ1) is 16.0. The number of carbonyl (C=O) groups excluding carboxylic acids is 2. The fraction of sp³-hybridized carbons (Fsp3) is 0.200. The number of hydrogen-bond donors (Lipinski definition) is 1. The molecule has 0 aliphatic carbocycles. The summed E-state index contributed by atoms with van der Waals surface area (Å²) >= 11 is 0.622. The topological polar surface area (TPSA) is 58.6 Å². The molecule has 1 aliphatic heterocycles. The van der Waals surface area contributed by atoms with Crippen LogP contribution in [0.25, 0.3) is 11.1 Å². The van der Waals surface area contributed by atoms with Gasteiger partial charge >= 0.3 is 203 Å². The Bertz CT molecular complexity index is 1250. The summed E-state index contributed by atoms with van der Waals surface area (Å²) in [6.07, 6.45) is -5.20. The van der Waals surface area contributed by atoms with Gasteiger partial charge in [0.15, 0.2) is 0 Å². The van der Waals surface area contributed by atoms with Crippen LogP contribution in [0, 0.1) is 6.92 Å². The maximum absolute atomic E-state index is 13.8. The molecule has 4 rings (SSSR count). The van der Waals surface area contributed by atoms with Crippen LogP contribution >= 0.6 is 0 Å². The molecule has 0 aromatic heterocycles. The van der Waals surface area contributed by atoms with Gasteiger partial charge in [-0.2, -0.15) is 0 Å². The summed E-state index contributed by atoms with van der Waals surface area (Å²) in [5.74, 6) is -2.92. The predicted octanol–water partition coefficient (Wildman–Crippen LogP) is 3.32. The predicted molar refractivity (Wildman–Crippen MR) is 123 cm³/mol. The Hall–Kier alpha value is -3.09. The van der Waals surface area contributed by atoms with Gasteiger partial charge in [-0.25, -0.2) is 0 Å². The fourth-order valence-corrected chi connectivity index (χ4v) is 5.09. The van der Waals surface area contributed by atoms with Gasteiger partial charge in [0.05, 0.1) is 0 Å². The van der Waals surface area contributed by atoms with Crippen molar-refractivity contribution in [2.24, 2.45) is 0 Å². The van der Waals surface area contributed by atoms with E-state index in [9.17, 15) is 22.8 Å². The zero-order chi connectivity index (χ0) is 24.7. The molecular formula is C25H22AsF3N2O3. The molecule has 34 heavy (non-hydrogen) atoms. The summed E-state index contributed by atoms with van der Waals surface area (Å²) in [4.78, 5) is 26.5. The number of benzene rings is 3. The zero-order valence-corrected chi connectivity index (χ0v) is 20.8. The number of halogens is 3. The van der Waals surface area contributed by atoms with Crippen molar-refractivity contribution in [1.82, 2.24) is 10.2 Å². The van der Waals surface area contributed by atoms with Crippen molar-refractivity contribution in [3.63, 3.8) is 0 Å². The van der Waals surface area contributed by atoms with Gasteiger partial charge in [0.2, 0.25) is 0 Å². The number of ether oxygens (including phenoxy) is 1. The molecule has 9 heteroatoms. The molecule has 5 nitrogen and oxygen atoms in total. The molecule has 3 aromatic rings. The zero-order valence-electron chi connectivity index (χ0n) is 18.4. The quantitative estimate of drug-likeness (QED) is 0.416. The van der Waals surface area contributed by atoms with Crippen LogP contribution in [0.5, 0.6) is 0 Å². The molecule has 1 fully saturated rings. The molecule has 0 bridgehead atoms. The number of hydrogen-bond acceptors (Lipinski definition) is 4. The Morgan fingerprint density at radius 1 is 0.971 bits per heavy atom. The van der Waals surface area contributed by atoms with Gasteiger partial charge < -0.3 is 0 Å². The molecule has 1 aliphatic rings. The van der Waals surface area contributed by atoms with Gasteiger partial charge in [-0.3, -0.25) is 0 Å². The third kappa shape index (κ3) is 4.01. The van der Waals surface area contributed by atoms with E-state index in [1.54, 1.807) is 42.5 Å². The van der Waals surface area contributed by atoms with Crippen LogP contribution in [0.4, 0.5) is 13.2 Å². The van der Waals surface area contributed by atoms with E-state index in [-0.39, 0.29) is 0 Å². The molecule has 3 unspecified atom stereocenters. The average Bonchev–Trinajstić information content (AvgIpc) is 3.01. The average molecular weight is 530 g/mol. The van der Waals surface area contributed by atoms with Crippen molar-refractivity contribution < 1.29 is 27.5 Å². The second-order valence-corrected chi connectivity index (χ2v) is 9.73. The van der Waals surface area contributed by atoms with Crippen molar-refractivity contribution in [2.45, 2.75) is 23.3 Å². The maximum atomic E-state index is 13.8. The third-order valence-corrected chi connectivity index (χ3v) is 7.29. The van der Waals surface area contributed by atoms with Crippen molar-refractivity contribution in [2.75, 3.05) is 7.05 Å². The van der Waals surface area contributed by atoms with Gasteiger partial charge in [0, 0.05) is 0 Å². The van der Waals surface area contributed by atoms with Crippen molar-refractivity contribution in [1.29, 1.82) is 0 Å². The minimum absolute atomic E-state index is 0.511.